The molecule has 3 aliphatic rings. The maximum absolute atomic E-state index is 9.25. The van der Waals surface area contributed by atoms with E-state index in [-0.39, 0.29) is 51.4 Å². The second-order valence-corrected chi connectivity index (χ2v) is 4.21. The fourth-order valence-corrected chi connectivity index (χ4v) is 2.39. The van der Waals surface area contributed by atoms with E-state index in [0.717, 1.165) is 0 Å². The minimum atomic E-state index is -0.400. The van der Waals surface area contributed by atoms with Crippen LogP contribution < -0.4 is 0 Å². The summed E-state index contributed by atoms with van der Waals surface area (Å²) in [5.41, 5.74) is 0. The number of rotatable bonds is 1. The molecule has 1 N–H and O–H groups in total. The fraction of sp³-hybridized carbons (Fsp3) is 1.00. The topological polar surface area (TPSA) is 75.6 Å². The summed E-state index contributed by atoms with van der Waals surface area (Å²) in [6.07, 6.45) is -1.51. The molecule has 7 nitrogen and oxygen atoms in total. The second kappa shape index (κ2) is 5.15. The highest BCUT2D eigenvalue weighted by Gasteiger charge is 2.47. The van der Waals surface area contributed by atoms with E-state index in [9.17, 15) is 5.11 Å². The molecule has 5 atom stereocenters. The molecule has 3 saturated heterocycles. The molecule has 0 amide bonds. The molecule has 3 heterocycles. The Morgan fingerprint density at radius 3 is 2.47 bits per heavy atom. The molecular weight excluding hydrogens is 232 g/mol. The van der Waals surface area contributed by atoms with Crippen LogP contribution in [0, 0.1) is 0 Å². The summed E-state index contributed by atoms with van der Waals surface area (Å²) in [4.78, 5) is 0. The number of fused-ring (bicyclic) bond motifs is 3. The molecule has 5 unspecified atom stereocenters. The lowest BCUT2D eigenvalue weighted by Crippen LogP contribution is -2.57. The Balaban J connectivity index is 1.79. The average molecular weight is 248 g/mol. The SMILES string of the molecule is OCC1OCOC2C1OCOC1COCOC12. The number of aliphatic hydroxyl groups excluding tert-OH is 1. The van der Waals surface area contributed by atoms with Gasteiger partial charge in [-0.1, -0.05) is 0 Å². The van der Waals surface area contributed by atoms with Crippen molar-refractivity contribution in [1.82, 2.24) is 0 Å². The maximum Gasteiger partial charge on any atom is 0.147 e. The minimum Gasteiger partial charge on any atom is -0.394 e. The highest BCUT2D eigenvalue weighted by Crippen LogP contribution is 2.29. The van der Waals surface area contributed by atoms with Crippen LogP contribution in [0.1, 0.15) is 0 Å². The van der Waals surface area contributed by atoms with Crippen LogP contribution in [0.5, 0.6) is 0 Å². The van der Waals surface area contributed by atoms with Crippen LogP contribution in [-0.2, 0) is 28.4 Å². The Morgan fingerprint density at radius 2 is 1.59 bits per heavy atom. The van der Waals surface area contributed by atoms with Gasteiger partial charge in [0, 0.05) is 0 Å². The summed E-state index contributed by atoms with van der Waals surface area (Å²) >= 11 is 0. The van der Waals surface area contributed by atoms with E-state index in [1.807, 2.05) is 0 Å². The largest absolute Gasteiger partial charge is 0.394 e. The van der Waals surface area contributed by atoms with Gasteiger partial charge in [-0.25, -0.2) is 0 Å². The molecule has 0 radical (unpaired) electrons. The molecule has 7 heteroatoms. The van der Waals surface area contributed by atoms with E-state index in [4.69, 9.17) is 28.4 Å². The molecule has 3 rings (SSSR count). The standard InChI is InChI=1S/C10H16O7/c11-1-6-8-10(17-4-13-6)9-7(14-5-16-8)2-12-3-15-9/h6-11H,1-5H2. The van der Waals surface area contributed by atoms with Gasteiger partial charge in [-0.15, -0.1) is 0 Å². The second-order valence-electron chi connectivity index (χ2n) is 4.21. The van der Waals surface area contributed by atoms with Crippen LogP contribution in [0.25, 0.3) is 0 Å². The van der Waals surface area contributed by atoms with Crippen molar-refractivity contribution < 1.29 is 33.5 Å². The zero-order chi connectivity index (χ0) is 11.7. The van der Waals surface area contributed by atoms with E-state index in [2.05, 4.69) is 0 Å². The smallest absolute Gasteiger partial charge is 0.147 e. The molecule has 0 aromatic carbocycles. The minimum absolute atomic E-state index is 0.113. The monoisotopic (exact) mass is 248 g/mol. The van der Waals surface area contributed by atoms with Gasteiger partial charge in [-0.05, 0) is 0 Å². The normalized spacial score (nSPS) is 46.8. The third kappa shape index (κ3) is 2.19. The molecule has 0 saturated carbocycles. The highest BCUT2D eigenvalue weighted by molar-refractivity contribution is 4.93. The van der Waals surface area contributed by atoms with Crippen LogP contribution in [0.2, 0.25) is 0 Å². The molecular formula is C10H16O7. The third-order valence-corrected chi connectivity index (χ3v) is 3.27. The van der Waals surface area contributed by atoms with Gasteiger partial charge >= 0.3 is 0 Å². The first-order valence-corrected chi connectivity index (χ1v) is 5.67. The Morgan fingerprint density at radius 1 is 0.824 bits per heavy atom. The molecule has 3 fully saturated rings. The van der Waals surface area contributed by atoms with Crippen molar-refractivity contribution in [2.24, 2.45) is 0 Å². The van der Waals surface area contributed by atoms with Crippen molar-refractivity contribution in [3.8, 4) is 0 Å². The van der Waals surface area contributed by atoms with Crippen molar-refractivity contribution in [3.63, 3.8) is 0 Å². The number of ether oxygens (including phenoxy) is 6. The Bertz CT molecular complexity index is 259. The van der Waals surface area contributed by atoms with Gasteiger partial charge < -0.3 is 33.5 Å². The molecule has 0 aromatic rings. The molecule has 98 valence electrons. The molecule has 0 aromatic heterocycles. The van der Waals surface area contributed by atoms with E-state index in [1.165, 1.54) is 0 Å². The summed E-state index contributed by atoms with van der Waals surface area (Å²) < 4.78 is 32.6. The van der Waals surface area contributed by atoms with Crippen LogP contribution in [0.4, 0.5) is 0 Å². The molecule has 3 aliphatic heterocycles. The van der Waals surface area contributed by atoms with Gasteiger partial charge in [0.05, 0.1) is 13.2 Å². The lowest BCUT2D eigenvalue weighted by molar-refractivity contribution is -0.282. The van der Waals surface area contributed by atoms with Crippen molar-refractivity contribution >= 4 is 0 Å². The summed E-state index contributed by atoms with van der Waals surface area (Å²) in [5, 5.41) is 9.25. The van der Waals surface area contributed by atoms with E-state index in [1.54, 1.807) is 0 Å². The highest BCUT2D eigenvalue weighted by atomic mass is 16.8. The van der Waals surface area contributed by atoms with Crippen LogP contribution in [0.15, 0.2) is 0 Å². The number of aliphatic hydroxyl groups is 1. The molecule has 17 heavy (non-hydrogen) atoms. The number of hydrogen-bond donors (Lipinski definition) is 1. The first kappa shape index (κ1) is 11.8. The van der Waals surface area contributed by atoms with Gasteiger partial charge in [0.15, 0.2) is 0 Å². The number of hydrogen-bond acceptors (Lipinski definition) is 7. The quantitative estimate of drug-likeness (QED) is 0.627. The third-order valence-electron chi connectivity index (χ3n) is 3.27. The van der Waals surface area contributed by atoms with Crippen LogP contribution >= 0.6 is 0 Å². The van der Waals surface area contributed by atoms with E-state index in [0.29, 0.717) is 6.61 Å². The summed E-state index contributed by atoms with van der Waals surface area (Å²) in [6, 6.07) is 0. The van der Waals surface area contributed by atoms with Crippen molar-refractivity contribution in [1.29, 1.82) is 0 Å². The molecule has 0 spiro atoms. The lowest BCUT2D eigenvalue weighted by Gasteiger charge is -2.40. The van der Waals surface area contributed by atoms with Crippen LogP contribution in [-0.4, -0.2) is 69.2 Å². The Kier molecular flexibility index (Phi) is 3.57. The Labute approximate surface area is 98.5 Å². The summed E-state index contributed by atoms with van der Waals surface area (Å²) in [7, 11) is 0. The molecule has 0 bridgehead atoms. The predicted molar refractivity (Wildman–Crippen MR) is 52.0 cm³/mol. The first-order chi connectivity index (χ1) is 8.40. The van der Waals surface area contributed by atoms with E-state index >= 15 is 0 Å². The maximum atomic E-state index is 9.25. The lowest BCUT2D eigenvalue weighted by atomic mass is 9.98. The van der Waals surface area contributed by atoms with E-state index < -0.39 is 6.10 Å². The van der Waals surface area contributed by atoms with Crippen molar-refractivity contribution in [3.05, 3.63) is 0 Å². The van der Waals surface area contributed by atoms with Crippen molar-refractivity contribution in [2.75, 3.05) is 33.6 Å². The van der Waals surface area contributed by atoms with Crippen molar-refractivity contribution in [2.45, 2.75) is 30.5 Å². The first-order valence-electron chi connectivity index (χ1n) is 5.67. The summed E-state index contributed by atoms with van der Waals surface area (Å²) in [5.74, 6) is 0. The zero-order valence-corrected chi connectivity index (χ0v) is 9.32. The fourth-order valence-electron chi connectivity index (χ4n) is 2.39. The predicted octanol–water partition coefficient (Wildman–Crippen LogP) is -1.17. The van der Waals surface area contributed by atoms with Gasteiger partial charge in [0.25, 0.3) is 0 Å². The van der Waals surface area contributed by atoms with Gasteiger partial charge in [0.2, 0.25) is 0 Å². The van der Waals surface area contributed by atoms with Gasteiger partial charge in [-0.2, -0.15) is 0 Å². The zero-order valence-electron chi connectivity index (χ0n) is 9.32. The molecule has 0 aliphatic carbocycles. The summed E-state index contributed by atoms with van der Waals surface area (Å²) in [6.45, 7) is 0.826. The van der Waals surface area contributed by atoms with Gasteiger partial charge in [-0.3, -0.25) is 0 Å². The van der Waals surface area contributed by atoms with Crippen LogP contribution in [0.3, 0.4) is 0 Å². The average Bonchev–Trinajstić information content (AvgIpc) is 2.58. The Hall–Kier alpha value is -0.280. The van der Waals surface area contributed by atoms with Gasteiger partial charge in [0.1, 0.15) is 50.9 Å².